The van der Waals surface area contributed by atoms with Crippen LogP contribution in [0.5, 0.6) is 0 Å². The molecule has 4 rings (SSSR count). The molecule has 7 nitrogen and oxygen atoms in total. The fourth-order valence-corrected chi connectivity index (χ4v) is 4.78. The summed E-state index contributed by atoms with van der Waals surface area (Å²) in [5.74, 6) is -4.27. The number of hydrogen-bond donors (Lipinski definition) is 2. The Bertz CT molecular complexity index is 991. The maximum absolute atomic E-state index is 13.5. The Kier molecular flexibility index (Phi) is 4.50. The lowest BCUT2D eigenvalue weighted by Gasteiger charge is -2.34. The lowest BCUT2D eigenvalue weighted by atomic mass is 9.73. The summed E-state index contributed by atoms with van der Waals surface area (Å²) in [6.07, 6.45) is 1.60. The number of aromatic nitrogens is 1. The molecule has 0 saturated carbocycles. The molecule has 0 bridgehead atoms. The third-order valence-corrected chi connectivity index (χ3v) is 6.22. The summed E-state index contributed by atoms with van der Waals surface area (Å²) in [6.45, 7) is 5.34. The van der Waals surface area contributed by atoms with Gasteiger partial charge in [0, 0.05) is 6.20 Å². The largest absolute Gasteiger partial charge is 0.480 e. The quantitative estimate of drug-likeness (QED) is 0.774. The number of benzene rings is 1. The first-order chi connectivity index (χ1) is 13.8. The Morgan fingerprint density at radius 2 is 1.83 bits per heavy atom. The Morgan fingerprint density at radius 3 is 2.41 bits per heavy atom. The summed E-state index contributed by atoms with van der Waals surface area (Å²) in [6, 6.07) is 11.8. The van der Waals surface area contributed by atoms with E-state index in [0.29, 0.717) is 11.4 Å². The summed E-state index contributed by atoms with van der Waals surface area (Å²) in [4.78, 5) is 45.0. The average Bonchev–Trinajstić information content (AvgIpc) is 3.19. The molecule has 2 fully saturated rings. The van der Waals surface area contributed by atoms with E-state index in [-0.39, 0.29) is 5.91 Å². The number of amides is 2. The number of carbonyl (C=O) groups excluding carboxylic acids is 2. The van der Waals surface area contributed by atoms with Crippen LogP contribution in [0.1, 0.15) is 31.1 Å². The van der Waals surface area contributed by atoms with Gasteiger partial charge in [0.2, 0.25) is 11.8 Å². The minimum absolute atomic E-state index is 0.388. The van der Waals surface area contributed by atoms with Gasteiger partial charge < -0.3 is 5.11 Å². The Labute approximate surface area is 168 Å². The van der Waals surface area contributed by atoms with Gasteiger partial charge in [-0.2, -0.15) is 0 Å². The van der Waals surface area contributed by atoms with E-state index >= 15 is 0 Å². The molecule has 2 aliphatic heterocycles. The van der Waals surface area contributed by atoms with E-state index in [1.165, 1.54) is 4.90 Å². The first-order valence-electron chi connectivity index (χ1n) is 9.66. The van der Waals surface area contributed by atoms with Crippen LogP contribution in [0.4, 0.5) is 5.69 Å². The molecule has 0 radical (unpaired) electrons. The highest BCUT2D eigenvalue weighted by Crippen LogP contribution is 2.52. The highest BCUT2D eigenvalue weighted by atomic mass is 16.4. The number of pyridine rings is 1. The predicted molar refractivity (Wildman–Crippen MR) is 106 cm³/mol. The van der Waals surface area contributed by atoms with Crippen molar-refractivity contribution < 1.29 is 19.5 Å². The van der Waals surface area contributed by atoms with Crippen LogP contribution in [0.2, 0.25) is 0 Å². The van der Waals surface area contributed by atoms with E-state index in [4.69, 9.17) is 0 Å². The van der Waals surface area contributed by atoms with Gasteiger partial charge in [-0.15, -0.1) is 0 Å². The SMILES string of the molecule is Cc1ccccc1N1C(=O)C2C(c3ccccn3)NC(C(=O)O)(C(C)C)C2C1=O. The number of fused-ring (bicyclic) bond motifs is 1. The molecule has 2 saturated heterocycles. The molecule has 7 heteroatoms. The molecule has 29 heavy (non-hydrogen) atoms. The number of para-hydroxylation sites is 1. The normalized spacial score (nSPS) is 28.8. The van der Waals surface area contributed by atoms with Crippen LogP contribution in [0.25, 0.3) is 0 Å². The number of aryl methyl sites for hydroxylation is 1. The summed E-state index contributed by atoms with van der Waals surface area (Å²) >= 11 is 0. The molecule has 2 aliphatic rings. The van der Waals surface area contributed by atoms with Crippen molar-refractivity contribution in [2.45, 2.75) is 32.4 Å². The third-order valence-electron chi connectivity index (χ3n) is 6.22. The van der Waals surface area contributed by atoms with E-state index in [2.05, 4.69) is 10.3 Å². The van der Waals surface area contributed by atoms with Crippen molar-refractivity contribution in [2.24, 2.45) is 17.8 Å². The van der Waals surface area contributed by atoms with Crippen LogP contribution < -0.4 is 10.2 Å². The maximum atomic E-state index is 13.5. The number of nitrogens with one attached hydrogen (secondary N) is 1. The van der Waals surface area contributed by atoms with Crippen LogP contribution in [0.15, 0.2) is 48.7 Å². The second-order valence-electron chi connectivity index (χ2n) is 8.01. The second kappa shape index (κ2) is 6.77. The molecule has 2 amide bonds. The van der Waals surface area contributed by atoms with Crippen LogP contribution >= 0.6 is 0 Å². The number of rotatable bonds is 4. The molecule has 4 unspecified atom stereocenters. The van der Waals surface area contributed by atoms with Gasteiger partial charge in [-0.05, 0) is 36.6 Å². The van der Waals surface area contributed by atoms with Crippen molar-refractivity contribution in [1.29, 1.82) is 0 Å². The maximum Gasteiger partial charge on any atom is 0.325 e. The number of aliphatic carboxylic acids is 1. The van der Waals surface area contributed by atoms with Crippen LogP contribution in [-0.4, -0.2) is 33.4 Å². The number of carbonyl (C=O) groups is 3. The summed E-state index contributed by atoms with van der Waals surface area (Å²) in [7, 11) is 0. The number of carboxylic acid groups (broad SMARTS) is 1. The first-order valence-corrected chi connectivity index (χ1v) is 9.66. The van der Waals surface area contributed by atoms with Gasteiger partial charge in [0.1, 0.15) is 5.54 Å². The first kappa shape index (κ1) is 19.3. The molecule has 4 atom stereocenters. The topological polar surface area (TPSA) is 99.6 Å². The van der Waals surface area contributed by atoms with Crippen LogP contribution in [-0.2, 0) is 14.4 Å². The molecule has 2 N–H and O–H groups in total. The van der Waals surface area contributed by atoms with Gasteiger partial charge in [-0.1, -0.05) is 38.1 Å². The highest BCUT2D eigenvalue weighted by molar-refractivity contribution is 6.24. The van der Waals surface area contributed by atoms with Crippen molar-refractivity contribution in [3.05, 3.63) is 59.9 Å². The number of imide groups is 1. The number of anilines is 1. The lowest BCUT2D eigenvalue weighted by molar-refractivity contribution is -0.151. The number of carboxylic acids is 1. The monoisotopic (exact) mass is 393 g/mol. The molecule has 150 valence electrons. The Hall–Kier alpha value is -3.06. The molecule has 1 aromatic heterocycles. The van der Waals surface area contributed by atoms with Crippen molar-refractivity contribution in [1.82, 2.24) is 10.3 Å². The van der Waals surface area contributed by atoms with Crippen LogP contribution in [0.3, 0.4) is 0 Å². The molecule has 0 aliphatic carbocycles. The van der Waals surface area contributed by atoms with E-state index < -0.39 is 41.2 Å². The smallest absolute Gasteiger partial charge is 0.325 e. The van der Waals surface area contributed by atoms with Crippen molar-refractivity contribution in [3.8, 4) is 0 Å². The lowest BCUT2D eigenvalue weighted by Crippen LogP contribution is -2.59. The van der Waals surface area contributed by atoms with Crippen molar-refractivity contribution >= 4 is 23.5 Å². The minimum Gasteiger partial charge on any atom is -0.480 e. The molecule has 3 heterocycles. The Balaban J connectivity index is 1.90. The highest BCUT2D eigenvalue weighted by Gasteiger charge is 2.70. The molecule has 1 aromatic carbocycles. The molecular weight excluding hydrogens is 370 g/mol. The zero-order valence-corrected chi connectivity index (χ0v) is 16.5. The minimum atomic E-state index is -1.56. The number of hydrogen-bond acceptors (Lipinski definition) is 5. The predicted octanol–water partition coefficient (Wildman–Crippen LogP) is 2.32. The van der Waals surface area contributed by atoms with Crippen molar-refractivity contribution in [3.63, 3.8) is 0 Å². The molecular formula is C22H23N3O4. The van der Waals surface area contributed by atoms with Gasteiger partial charge in [0.25, 0.3) is 0 Å². The second-order valence-corrected chi connectivity index (χ2v) is 8.01. The molecule has 0 spiro atoms. The van der Waals surface area contributed by atoms with Gasteiger partial charge in [0.05, 0.1) is 29.3 Å². The summed E-state index contributed by atoms with van der Waals surface area (Å²) < 4.78 is 0. The summed E-state index contributed by atoms with van der Waals surface area (Å²) in [5, 5.41) is 13.3. The fourth-order valence-electron chi connectivity index (χ4n) is 4.78. The van der Waals surface area contributed by atoms with Gasteiger partial charge in [-0.3, -0.25) is 24.7 Å². The van der Waals surface area contributed by atoms with E-state index in [0.717, 1.165) is 5.56 Å². The van der Waals surface area contributed by atoms with Gasteiger partial charge in [0.15, 0.2) is 0 Å². The van der Waals surface area contributed by atoms with E-state index in [9.17, 15) is 19.5 Å². The zero-order valence-electron chi connectivity index (χ0n) is 16.5. The standard InChI is InChI=1S/C22H23N3O4/c1-12(2)22(21(28)29)17-16(18(24-22)14-9-6-7-11-23-14)19(26)25(20(17)27)15-10-5-4-8-13(15)3/h4-12,16-18,24H,1-3H3,(H,28,29). The third kappa shape index (κ3) is 2.61. The summed E-state index contributed by atoms with van der Waals surface area (Å²) in [5.41, 5.74) is 0.276. The Morgan fingerprint density at radius 1 is 1.14 bits per heavy atom. The van der Waals surface area contributed by atoms with Crippen molar-refractivity contribution in [2.75, 3.05) is 4.90 Å². The zero-order chi connectivity index (χ0) is 20.9. The van der Waals surface area contributed by atoms with Gasteiger partial charge in [-0.25, -0.2) is 4.90 Å². The van der Waals surface area contributed by atoms with E-state index in [1.54, 1.807) is 50.4 Å². The molecule has 2 aromatic rings. The fraction of sp³-hybridized carbons (Fsp3) is 0.364. The average molecular weight is 393 g/mol. The van der Waals surface area contributed by atoms with Crippen LogP contribution in [0, 0.1) is 24.7 Å². The van der Waals surface area contributed by atoms with E-state index in [1.807, 2.05) is 19.1 Å². The van der Waals surface area contributed by atoms with Gasteiger partial charge >= 0.3 is 5.97 Å². The number of nitrogens with zero attached hydrogens (tertiary/aromatic N) is 2.